The minimum Gasteiger partial charge on any atom is -0.361 e. The van der Waals surface area contributed by atoms with E-state index in [-0.39, 0.29) is 5.82 Å². The molecule has 1 atom stereocenters. The Bertz CT molecular complexity index is 1270. The third-order valence-electron chi connectivity index (χ3n) is 6.73. The molecule has 0 saturated carbocycles. The van der Waals surface area contributed by atoms with Gasteiger partial charge < -0.3 is 15.0 Å². The predicted octanol–water partition coefficient (Wildman–Crippen LogP) is 6.45. The molecule has 5 heteroatoms. The van der Waals surface area contributed by atoms with Crippen molar-refractivity contribution in [3.05, 3.63) is 106 Å². The van der Waals surface area contributed by atoms with Crippen LogP contribution in [0.15, 0.2) is 72.1 Å². The summed E-state index contributed by atoms with van der Waals surface area (Å²) in [4.78, 5) is 2.19. The lowest BCUT2D eigenvalue weighted by molar-refractivity contribution is -0.0140. The number of rotatable bonds is 9. The number of thiophene rings is 1. The van der Waals surface area contributed by atoms with Crippen molar-refractivity contribution in [1.82, 2.24) is 10.2 Å². The van der Waals surface area contributed by atoms with E-state index >= 15 is 0 Å². The summed E-state index contributed by atoms with van der Waals surface area (Å²) in [5.74, 6) is -0.217. The molecule has 0 radical (unpaired) electrons. The summed E-state index contributed by atoms with van der Waals surface area (Å²) in [5.41, 5.74) is 5.56. The van der Waals surface area contributed by atoms with Crippen LogP contribution in [0.1, 0.15) is 40.7 Å². The average Bonchev–Trinajstić information content (AvgIpc) is 3.42. The van der Waals surface area contributed by atoms with Gasteiger partial charge in [0.05, 0.1) is 6.61 Å². The first-order chi connectivity index (χ1) is 16.5. The first-order valence-electron chi connectivity index (χ1n) is 11.9. The minimum atomic E-state index is -0.513. The Labute approximate surface area is 205 Å². The highest BCUT2D eigenvalue weighted by Gasteiger charge is 2.41. The Kier molecular flexibility index (Phi) is 6.79. The van der Waals surface area contributed by atoms with Gasteiger partial charge in [0.1, 0.15) is 11.4 Å². The van der Waals surface area contributed by atoms with E-state index < -0.39 is 5.60 Å². The molecule has 0 amide bonds. The quantitative estimate of drug-likeness (QED) is 0.302. The maximum absolute atomic E-state index is 13.7. The fourth-order valence-electron chi connectivity index (χ4n) is 5.01. The molecule has 0 aliphatic carbocycles. The van der Waals surface area contributed by atoms with E-state index in [0.29, 0.717) is 6.61 Å². The molecule has 1 aromatic heterocycles. The molecule has 5 rings (SSSR count). The summed E-state index contributed by atoms with van der Waals surface area (Å²) < 4.78 is 21.5. The third kappa shape index (κ3) is 4.66. The van der Waals surface area contributed by atoms with Gasteiger partial charge >= 0.3 is 0 Å². The van der Waals surface area contributed by atoms with Crippen molar-refractivity contribution in [3.8, 4) is 0 Å². The lowest BCUT2D eigenvalue weighted by Gasteiger charge is -2.31. The van der Waals surface area contributed by atoms with Crippen LogP contribution in [0.3, 0.4) is 0 Å². The Balaban J connectivity index is 1.33. The number of nitrogens with one attached hydrogen (secondary N) is 1. The molecule has 0 saturated heterocycles. The average molecular weight is 475 g/mol. The molecule has 4 aromatic rings. The number of nitrogens with zero attached hydrogens (tertiary/aromatic N) is 1. The van der Waals surface area contributed by atoms with Crippen molar-refractivity contribution in [1.29, 1.82) is 0 Å². The lowest BCUT2D eigenvalue weighted by Crippen LogP contribution is -2.28. The number of hydrogen-bond donors (Lipinski definition) is 1. The first-order valence-corrected chi connectivity index (χ1v) is 12.8. The van der Waals surface area contributed by atoms with Gasteiger partial charge in [0.15, 0.2) is 0 Å². The molecule has 34 heavy (non-hydrogen) atoms. The lowest BCUT2D eigenvalue weighted by atomic mass is 9.81. The van der Waals surface area contributed by atoms with E-state index in [0.717, 1.165) is 38.0 Å². The number of fused-ring (bicyclic) bond motifs is 2. The molecule has 1 aliphatic heterocycles. The molecule has 0 fully saturated rings. The Morgan fingerprint density at radius 3 is 2.68 bits per heavy atom. The SMILES string of the molecule is CN(C)CCCC1(c2ccc(F)cc2)OCc2cc(CNCc3csc4ccccc34)ccc21. The highest BCUT2D eigenvalue weighted by atomic mass is 32.1. The normalized spacial score (nSPS) is 17.5. The molecular weight excluding hydrogens is 443 g/mol. The van der Waals surface area contributed by atoms with Crippen molar-refractivity contribution < 1.29 is 9.13 Å². The topological polar surface area (TPSA) is 24.5 Å². The van der Waals surface area contributed by atoms with E-state index in [1.54, 1.807) is 11.3 Å². The van der Waals surface area contributed by atoms with Crippen molar-refractivity contribution in [2.75, 3.05) is 20.6 Å². The molecule has 3 aromatic carbocycles. The van der Waals surface area contributed by atoms with Gasteiger partial charge in [-0.15, -0.1) is 11.3 Å². The number of benzene rings is 3. The molecule has 1 aliphatic rings. The second kappa shape index (κ2) is 9.96. The van der Waals surface area contributed by atoms with Crippen LogP contribution in [0.25, 0.3) is 10.1 Å². The Hall–Kier alpha value is -2.57. The van der Waals surface area contributed by atoms with E-state index in [4.69, 9.17) is 4.74 Å². The van der Waals surface area contributed by atoms with Crippen molar-refractivity contribution in [3.63, 3.8) is 0 Å². The minimum absolute atomic E-state index is 0.217. The maximum Gasteiger partial charge on any atom is 0.123 e. The van der Waals surface area contributed by atoms with Crippen molar-refractivity contribution in [2.45, 2.75) is 38.1 Å². The largest absolute Gasteiger partial charge is 0.361 e. The third-order valence-corrected chi connectivity index (χ3v) is 7.74. The molecule has 2 heterocycles. The van der Waals surface area contributed by atoms with E-state index in [2.05, 4.69) is 72.2 Å². The summed E-state index contributed by atoms with van der Waals surface area (Å²) in [5, 5.41) is 7.20. The van der Waals surface area contributed by atoms with Gasteiger partial charge in [-0.2, -0.15) is 0 Å². The van der Waals surface area contributed by atoms with Gasteiger partial charge in [0, 0.05) is 17.8 Å². The van der Waals surface area contributed by atoms with E-state index in [1.807, 2.05) is 12.1 Å². The zero-order valence-electron chi connectivity index (χ0n) is 19.8. The maximum atomic E-state index is 13.7. The van der Waals surface area contributed by atoms with E-state index in [1.165, 1.54) is 44.5 Å². The van der Waals surface area contributed by atoms with Crippen LogP contribution in [0.2, 0.25) is 0 Å². The van der Waals surface area contributed by atoms with E-state index in [9.17, 15) is 4.39 Å². The smallest absolute Gasteiger partial charge is 0.123 e. The van der Waals surface area contributed by atoms with Gasteiger partial charge in [-0.05, 0) is 90.3 Å². The first kappa shape index (κ1) is 23.2. The molecule has 1 N–H and O–H groups in total. The second-order valence-electron chi connectivity index (χ2n) is 9.38. The van der Waals surface area contributed by atoms with Crippen LogP contribution in [-0.4, -0.2) is 25.5 Å². The van der Waals surface area contributed by atoms with Crippen molar-refractivity contribution in [2.24, 2.45) is 0 Å². The Morgan fingerprint density at radius 2 is 1.85 bits per heavy atom. The number of ether oxygens (including phenoxy) is 1. The van der Waals surface area contributed by atoms with Crippen LogP contribution in [0, 0.1) is 5.82 Å². The van der Waals surface area contributed by atoms with Gasteiger partial charge in [-0.25, -0.2) is 4.39 Å². The highest BCUT2D eigenvalue weighted by molar-refractivity contribution is 7.17. The summed E-state index contributed by atoms with van der Waals surface area (Å²) in [6, 6.07) is 22.1. The van der Waals surface area contributed by atoms with Crippen LogP contribution in [0.5, 0.6) is 0 Å². The predicted molar refractivity (Wildman–Crippen MR) is 139 cm³/mol. The monoisotopic (exact) mass is 474 g/mol. The molecule has 0 spiro atoms. The standard InChI is InChI=1S/C29H31FN2OS/c1-32(2)15-5-14-29(24-9-11-25(30)12-10-24)27-13-8-21(16-22(27)19-33-29)17-31-18-23-20-34-28-7-4-3-6-26(23)28/h3-4,6-13,16,20,31H,5,14-15,17-19H2,1-2H3. The zero-order valence-corrected chi connectivity index (χ0v) is 20.6. The molecule has 176 valence electrons. The van der Waals surface area contributed by atoms with Crippen molar-refractivity contribution >= 4 is 21.4 Å². The van der Waals surface area contributed by atoms with Gasteiger partial charge in [-0.1, -0.05) is 48.5 Å². The number of hydrogen-bond acceptors (Lipinski definition) is 4. The van der Waals surface area contributed by atoms with Crippen LogP contribution < -0.4 is 5.32 Å². The summed E-state index contributed by atoms with van der Waals surface area (Å²) >= 11 is 1.80. The molecule has 3 nitrogen and oxygen atoms in total. The Morgan fingerprint density at radius 1 is 1.03 bits per heavy atom. The zero-order chi connectivity index (χ0) is 23.5. The van der Waals surface area contributed by atoms with Gasteiger partial charge in [0.2, 0.25) is 0 Å². The highest BCUT2D eigenvalue weighted by Crippen LogP contribution is 2.45. The second-order valence-corrected chi connectivity index (χ2v) is 10.3. The number of halogens is 1. The molecule has 0 bridgehead atoms. The summed E-state index contributed by atoms with van der Waals surface area (Å²) in [6.07, 6.45) is 1.87. The van der Waals surface area contributed by atoms with Gasteiger partial charge in [-0.3, -0.25) is 0 Å². The molecule has 1 unspecified atom stereocenters. The van der Waals surface area contributed by atoms with Crippen LogP contribution >= 0.6 is 11.3 Å². The van der Waals surface area contributed by atoms with Crippen LogP contribution in [-0.2, 0) is 30.0 Å². The summed E-state index contributed by atoms with van der Waals surface area (Å²) in [6.45, 7) is 3.22. The fraction of sp³-hybridized carbons (Fsp3) is 0.310. The van der Waals surface area contributed by atoms with Gasteiger partial charge in [0.25, 0.3) is 0 Å². The summed E-state index contributed by atoms with van der Waals surface area (Å²) in [7, 11) is 4.18. The van der Waals surface area contributed by atoms with Crippen LogP contribution in [0.4, 0.5) is 4.39 Å². The fourth-order valence-corrected chi connectivity index (χ4v) is 5.98. The molecular formula is C29H31FN2OS.